The van der Waals surface area contributed by atoms with Gasteiger partial charge in [0.25, 0.3) is 0 Å². The van der Waals surface area contributed by atoms with Crippen molar-refractivity contribution in [2.24, 2.45) is 7.05 Å². The molecule has 1 aromatic heterocycles. The van der Waals surface area contributed by atoms with Crippen LogP contribution < -0.4 is 4.57 Å². The molecule has 0 radical (unpaired) electrons. The zero-order valence-electron chi connectivity index (χ0n) is 7.95. The molecule has 0 spiro atoms. The van der Waals surface area contributed by atoms with Crippen molar-refractivity contribution >= 4 is 5.91 Å². The van der Waals surface area contributed by atoms with Crippen LogP contribution in [-0.2, 0) is 24.9 Å². The van der Waals surface area contributed by atoms with E-state index < -0.39 is 0 Å². The summed E-state index contributed by atoms with van der Waals surface area (Å²) < 4.78 is 2.08. The summed E-state index contributed by atoms with van der Waals surface area (Å²) in [5, 5.41) is 0. The van der Waals surface area contributed by atoms with Crippen LogP contribution in [0.5, 0.6) is 0 Å². The predicted molar refractivity (Wildman–Crippen MR) is 47.5 cm³/mol. The Balaban J connectivity index is 2.35. The van der Waals surface area contributed by atoms with Crippen molar-refractivity contribution in [2.45, 2.75) is 20.0 Å². The first-order valence-corrected chi connectivity index (χ1v) is 4.40. The number of hydrogen-bond acceptors (Lipinski definition) is 1. The summed E-state index contributed by atoms with van der Waals surface area (Å²) in [7, 11) is 2.02. The van der Waals surface area contributed by atoms with Crippen LogP contribution >= 0.6 is 0 Å². The normalized spacial score (nSPS) is 14.5. The Bertz CT molecular complexity index is 360. The highest BCUT2D eigenvalue weighted by molar-refractivity contribution is 5.73. The van der Waals surface area contributed by atoms with Crippen molar-refractivity contribution in [1.29, 1.82) is 0 Å². The monoisotopic (exact) mass is 177 g/mol. The number of hydrogen-bond donors (Lipinski definition) is 0. The van der Waals surface area contributed by atoms with Gasteiger partial charge in [0.1, 0.15) is 13.6 Å². The molecule has 1 aromatic rings. The number of carbonyl (C=O) groups is 1. The average molecular weight is 177 g/mol. The Morgan fingerprint density at radius 1 is 1.54 bits per heavy atom. The molecule has 0 saturated carbocycles. The maximum absolute atomic E-state index is 11.1. The largest absolute Gasteiger partial charge is 0.328 e. The van der Waals surface area contributed by atoms with Gasteiger partial charge in [-0.25, -0.2) is 4.57 Å². The highest BCUT2D eigenvalue weighted by Gasteiger charge is 2.26. The second-order valence-electron chi connectivity index (χ2n) is 3.47. The molecule has 2 rings (SSSR count). The Kier molecular flexibility index (Phi) is 1.79. The summed E-state index contributed by atoms with van der Waals surface area (Å²) in [6.07, 6.45) is 2.02. The van der Waals surface area contributed by atoms with Gasteiger partial charge in [-0.1, -0.05) is 0 Å². The fourth-order valence-corrected chi connectivity index (χ4v) is 1.72. The molecule has 0 aromatic carbocycles. The van der Waals surface area contributed by atoms with Gasteiger partial charge in [-0.05, 0) is 6.07 Å². The number of fused-ring (bicyclic) bond motifs is 1. The van der Waals surface area contributed by atoms with E-state index in [1.807, 2.05) is 24.2 Å². The molecule has 13 heavy (non-hydrogen) atoms. The van der Waals surface area contributed by atoms with Crippen LogP contribution in [0, 0.1) is 0 Å². The van der Waals surface area contributed by atoms with E-state index in [0.717, 1.165) is 13.1 Å². The molecule has 68 valence electrons. The summed E-state index contributed by atoms with van der Waals surface area (Å²) in [5.74, 6) is 0.149. The van der Waals surface area contributed by atoms with Crippen molar-refractivity contribution in [3.63, 3.8) is 0 Å². The summed E-state index contributed by atoms with van der Waals surface area (Å²) in [5.41, 5.74) is 2.51. The van der Waals surface area contributed by atoms with E-state index in [1.165, 1.54) is 11.3 Å². The molecular formula is C10H13N2O+. The van der Waals surface area contributed by atoms with E-state index in [4.69, 9.17) is 0 Å². The fourth-order valence-electron chi connectivity index (χ4n) is 1.72. The van der Waals surface area contributed by atoms with Crippen molar-refractivity contribution in [3.8, 4) is 0 Å². The van der Waals surface area contributed by atoms with E-state index in [-0.39, 0.29) is 5.91 Å². The molecule has 0 saturated heterocycles. The van der Waals surface area contributed by atoms with Crippen LogP contribution in [0.15, 0.2) is 18.3 Å². The molecule has 0 fully saturated rings. The van der Waals surface area contributed by atoms with Gasteiger partial charge in [0, 0.05) is 18.6 Å². The zero-order valence-corrected chi connectivity index (χ0v) is 7.95. The SMILES string of the molecule is CC(=O)N1Cc2ccc[n+](C)c2C1. The lowest BCUT2D eigenvalue weighted by Crippen LogP contribution is -2.34. The molecule has 0 bridgehead atoms. The van der Waals surface area contributed by atoms with Crippen LogP contribution in [-0.4, -0.2) is 10.8 Å². The first-order chi connectivity index (χ1) is 6.18. The molecule has 2 heterocycles. The number of amides is 1. The first-order valence-electron chi connectivity index (χ1n) is 4.40. The number of carbonyl (C=O) groups excluding carboxylic acids is 1. The van der Waals surface area contributed by atoms with Crippen LogP contribution in [0.1, 0.15) is 18.2 Å². The number of aryl methyl sites for hydroxylation is 1. The van der Waals surface area contributed by atoms with Gasteiger partial charge in [0.05, 0.1) is 6.54 Å². The summed E-state index contributed by atoms with van der Waals surface area (Å²) in [6.45, 7) is 3.13. The Morgan fingerprint density at radius 2 is 2.31 bits per heavy atom. The minimum Gasteiger partial charge on any atom is -0.328 e. The van der Waals surface area contributed by atoms with E-state index >= 15 is 0 Å². The standard InChI is InChI=1S/C10H13N2O/c1-8(13)12-6-9-4-3-5-11(2)10(9)7-12/h3-5H,6-7H2,1-2H3/q+1. The van der Waals surface area contributed by atoms with E-state index in [9.17, 15) is 4.79 Å². The van der Waals surface area contributed by atoms with Crippen molar-refractivity contribution < 1.29 is 9.36 Å². The van der Waals surface area contributed by atoms with Crippen molar-refractivity contribution in [1.82, 2.24) is 4.90 Å². The molecule has 1 amide bonds. The van der Waals surface area contributed by atoms with E-state index in [0.29, 0.717) is 0 Å². The maximum Gasteiger partial charge on any atom is 0.220 e. The zero-order chi connectivity index (χ0) is 9.42. The van der Waals surface area contributed by atoms with Gasteiger partial charge in [-0.2, -0.15) is 0 Å². The predicted octanol–water partition coefficient (Wildman–Crippen LogP) is 0.373. The van der Waals surface area contributed by atoms with Gasteiger partial charge in [0.2, 0.25) is 11.6 Å². The molecular weight excluding hydrogens is 164 g/mol. The molecule has 3 nitrogen and oxygen atoms in total. The van der Waals surface area contributed by atoms with Crippen molar-refractivity contribution in [2.75, 3.05) is 0 Å². The molecule has 0 unspecified atom stereocenters. The number of rotatable bonds is 0. The van der Waals surface area contributed by atoms with Crippen LogP contribution in [0.2, 0.25) is 0 Å². The van der Waals surface area contributed by atoms with Crippen molar-refractivity contribution in [3.05, 3.63) is 29.6 Å². The smallest absolute Gasteiger partial charge is 0.220 e. The summed E-state index contributed by atoms with van der Waals surface area (Å²) in [4.78, 5) is 13.0. The van der Waals surface area contributed by atoms with Gasteiger partial charge >= 0.3 is 0 Å². The van der Waals surface area contributed by atoms with Crippen LogP contribution in [0.25, 0.3) is 0 Å². The van der Waals surface area contributed by atoms with Crippen LogP contribution in [0.4, 0.5) is 0 Å². The molecule has 0 atom stereocenters. The number of pyridine rings is 1. The molecule has 0 N–H and O–H groups in total. The number of aromatic nitrogens is 1. The van der Waals surface area contributed by atoms with Gasteiger partial charge in [-0.3, -0.25) is 4.79 Å². The molecule has 1 aliphatic rings. The topological polar surface area (TPSA) is 24.2 Å². The first kappa shape index (κ1) is 8.23. The third-order valence-corrected chi connectivity index (χ3v) is 2.55. The fraction of sp³-hybridized carbons (Fsp3) is 0.400. The lowest BCUT2D eigenvalue weighted by atomic mass is 10.2. The summed E-state index contributed by atoms with van der Waals surface area (Å²) >= 11 is 0. The van der Waals surface area contributed by atoms with Crippen LogP contribution in [0.3, 0.4) is 0 Å². The third-order valence-electron chi connectivity index (χ3n) is 2.55. The highest BCUT2D eigenvalue weighted by atomic mass is 16.2. The second-order valence-corrected chi connectivity index (χ2v) is 3.47. The molecule has 1 aliphatic heterocycles. The number of nitrogens with zero attached hydrogens (tertiary/aromatic N) is 2. The minimum absolute atomic E-state index is 0.149. The Hall–Kier alpha value is -1.38. The van der Waals surface area contributed by atoms with E-state index in [1.54, 1.807) is 6.92 Å². The average Bonchev–Trinajstić information content (AvgIpc) is 2.49. The van der Waals surface area contributed by atoms with E-state index in [2.05, 4.69) is 10.6 Å². The highest BCUT2D eigenvalue weighted by Crippen LogP contribution is 2.18. The lowest BCUT2D eigenvalue weighted by Gasteiger charge is -2.09. The Morgan fingerprint density at radius 3 is 2.92 bits per heavy atom. The summed E-state index contributed by atoms with van der Waals surface area (Å²) in [6, 6.07) is 4.10. The Labute approximate surface area is 77.6 Å². The van der Waals surface area contributed by atoms with Gasteiger partial charge in [0.15, 0.2) is 6.20 Å². The second kappa shape index (κ2) is 2.83. The maximum atomic E-state index is 11.1. The minimum atomic E-state index is 0.149. The van der Waals surface area contributed by atoms with Gasteiger partial charge in [-0.15, -0.1) is 0 Å². The molecule has 3 heteroatoms. The quantitative estimate of drug-likeness (QED) is 0.525. The van der Waals surface area contributed by atoms with Gasteiger partial charge < -0.3 is 4.90 Å². The molecule has 0 aliphatic carbocycles. The lowest BCUT2D eigenvalue weighted by molar-refractivity contribution is -0.679. The third kappa shape index (κ3) is 1.30.